The number of ketones is 1. The zero-order chi connectivity index (χ0) is 13.1. The first kappa shape index (κ1) is 12.7. The van der Waals surface area contributed by atoms with Crippen LogP contribution in [0.3, 0.4) is 0 Å². The molecule has 0 aliphatic heterocycles. The second-order valence-electron chi connectivity index (χ2n) is 4.60. The van der Waals surface area contributed by atoms with Crippen molar-refractivity contribution < 1.29 is 13.6 Å². The molecule has 1 saturated carbocycles. The van der Waals surface area contributed by atoms with Crippen LogP contribution in [-0.2, 0) is 4.79 Å². The van der Waals surface area contributed by atoms with Gasteiger partial charge in [-0.25, -0.2) is 8.78 Å². The third-order valence-electron chi connectivity index (χ3n) is 3.18. The van der Waals surface area contributed by atoms with Crippen LogP contribution in [0.5, 0.6) is 0 Å². The molecule has 1 atom stereocenters. The van der Waals surface area contributed by atoms with Crippen molar-refractivity contribution in [2.45, 2.75) is 26.2 Å². The van der Waals surface area contributed by atoms with E-state index in [-0.39, 0.29) is 17.4 Å². The molecular formula is C14H15F2NO. The third-order valence-corrected chi connectivity index (χ3v) is 3.18. The number of hydrogen-bond acceptors (Lipinski definition) is 2. The Morgan fingerprint density at radius 1 is 1.39 bits per heavy atom. The van der Waals surface area contributed by atoms with Crippen molar-refractivity contribution in [3.63, 3.8) is 0 Å². The van der Waals surface area contributed by atoms with Crippen LogP contribution in [0.2, 0.25) is 0 Å². The Kier molecular flexibility index (Phi) is 3.75. The summed E-state index contributed by atoms with van der Waals surface area (Å²) >= 11 is 0. The normalized spacial score (nSPS) is 22.3. The van der Waals surface area contributed by atoms with Crippen molar-refractivity contribution in [1.29, 1.82) is 0 Å². The number of anilines is 1. The molecule has 0 radical (unpaired) electrons. The Hall–Kier alpha value is -1.71. The molecule has 2 nitrogen and oxygen atoms in total. The first-order chi connectivity index (χ1) is 8.58. The zero-order valence-electron chi connectivity index (χ0n) is 10.2. The number of hydrogen-bond donors (Lipinski definition) is 1. The Bertz CT molecular complexity index is 497. The highest BCUT2D eigenvalue weighted by Gasteiger charge is 2.22. The minimum Gasteiger partial charge on any atom is -0.359 e. The summed E-state index contributed by atoms with van der Waals surface area (Å²) in [5.41, 5.74) is 0.854. The average Bonchev–Trinajstić information content (AvgIpc) is 2.33. The predicted octanol–water partition coefficient (Wildman–Crippen LogP) is 3.65. The zero-order valence-corrected chi connectivity index (χ0v) is 10.2. The number of carbonyl (C=O) groups excluding carboxylic acids is 1. The van der Waals surface area contributed by atoms with Gasteiger partial charge in [0.05, 0.1) is 5.69 Å². The molecule has 96 valence electrons. The molecule has 0 spiro atoms. The van der Waals surface area contributed by atoms with Gasteiger partial charge in [0.1, 0.15) is 11.6 Å². The van der Waals surface area contributed by atoms with Gasteiger partial charge in [-0.1, -0.05) is 6.92 Å². The summed E-state index contributed by atoms with van der Waals surface area (Å²) in [7, 11) is 0. The minimum absolute atomic E-state index is 0.0323. The molecule has 0 bridgehead atoms. The monoisotopic (exact) mass is 251 g/mol. The lowest BCUT2D eigenvalue weighted by atomic mass is 9.86. The highest BCUT2D eigenvalue weighted by Crippen LogP contribution is 2.25. The maximum atomic E-state index is 13.4. The van der Waals surface area contributed by atoms with Gasteiger partial charge in [-0.2, -0.15) is 0 Å². The average molecular weight is 251 g/mol. The molecule has 1 aromatic rings. The Morgan fingerprint density at radius 2 is 2.17 bits per heavy atom. The number of nitrogens with one attached hydrogen (secondary N) is 1. The lowest BCUT2D eigenvalue weighted by molar-refractivity contribution is -0.119. The first-order valence-electron chi connectivity index (χ1n) is 6.03. The molecule has 0 aromatic heterocycles. The van der Waals surface area contributed by atoms with Crippen LogP contribution in [-0.4, -0.2) is 5.78 Å². The third kappa shape index (κ3) is 2.75. The lowest BCUT2D eigenvalue weighted by Gasteiger charge is -2.19. The molecule has 4 heteroatoms. The van der Waals surface area contributed by atoms with E-state index in [0.717, 1.165) is 18.9 Å². The van der Waals surface area contributed by atoms with Gasteiger partial charge in [0.2, 0.25) is 0 Å². The first-order valence-corrected chi connectivity index (χ1v) is 6.03. The standard InChI is InChI=1S/C14H15F2NO/c1-9-3-2-4-10(14(9)18)8-17-13-6-5-11(15)7-12(13)16/h5-9,17H,2-4H2,1H3/b10-8-/t9-/m1/s1. The molecule has 18 heavy (non-hydrogen) atoms. The summed E-state index contributed by atoms with van der Waals surface area (Å²) in [5.74, 6) is -1.14. The highest BCUT2D eigenvalue weighted by atomic mass is 19.1. The predicted molar refractivity (Wildman–Crippen MR) is 66.1 cm³/mol. The number of carbonyl (C=O) groups is 1. The number of benzene rings is 1. The van der Waals surface area contributed by atoms with Crippen LogP contribution in [0.1, 0.15) is 26.2 Å². The van der Waals surface area contributed by atoms with Crippen LogP contribution < -0.4 is 5.32 Å². The van der Waals surface area contributed by atoms with Crippen LogP contribution in [0.25, 0.3) is 0 Å². The minimum atomic E-state index is -0.664. The fourth-order valence-corrected chi connectivity index (χ4v) is 2.08. The van der Waals surface area contributed by atoms with Gasteiger partial charge in [0.25, 0.3) is 0 Å². The van der Waals surface area contributed by atoms with E-state index in [1.807, 2.05) is 6.92 Å². The van der Waals surface area contributed by atoms with Gasteiger partial charge in [-0.05, 0) is 31.4 Å². The van der Waals surface area contributed by atoms with E-state index in [9.17, 15) is 13.6 Å². The van der Waals surface area contributed by atoms with Crippen molar-refractivity contribution in [3.05, 3.63) is 41.6 Å². The van der Waals surface area contributed by atoms with Crippen molar-refractivity contribution in [2.24, 2.45) is 5.92 Å². The fourth-order valence-electron chi connectivity index (χ4n) is 2.08. The van der Waals surface area contributed by atoms with Gasteiger partial charge < -0.3 is 5.32 Å². The van der Waals surface area contributed by atoms with Crippen molar-refractivity contribution in [3.8, 4) is 0 Å². The number of rotatable bonds is 2. The van der Waals surface area contributed by atoms with E-state index in [1.165, 1.54) is 18.3 Å². The molecule has 2 rings (SSSR count). The molecule has 0 unspecified atom stereocenters. The van der Waals surface area contributed by atoms with Crippen LogP contribution >= 0.6 is 0 Å². The lowest BCUT2D eigenvalue weighted by Crippen LogP contribution is -2.19. The molecule has 1 aromatic carbocycles. The molecule has 0 saturated heterocycles. The molecule has 0 heterocycles. The molecular weight excluding hydrogens is 236 g/mol. The smallest absolute Gasteiger partial charge is 0.163 e. The fraction of sp³-hybridized carbons (Fsp3) is 0.357. The molecule has 1 aliphatic carbocycles. The maximum Gasteiger partial charge on any atom is 0.163 e. The molecule has 1 N–H and O–H groups in total. The quantitative estimate of drug-likeness (QED) is 0.813. The summed E-state index contributed by atoms with van der Waals surface area (Å²) in [5, 5.41) is 2.74. The topological polar surface area (TPSA) is 29.1 Å². The molecule has 1 aliphatic rings. The van der Waals surface area contributed by atoms with Gasteiger partial charge in [0.15, 0.2) is 5.78 Å². The van der Waals surface area contributed by atoms with E-state index in [1.54, 1.807) is 0 Å². The summed E-state index contributed by atoms with van der Waals surface area (Å²) in [6.45, 7) is 1.90. The van der Waals surface area contributed by atoms with Gasteiger partial charge in [-0.15, -0.1) is 0 Å². The summed E-state index contributed by atoms with van der Waals surface area (Å²) in [4.78, 5) is 11.8. The highest BCUT2D eigenvalue weighted by molar-refractivity contribution is 5.97. The van der Waals surface area contributed by atoms with E-state index in [4.69, 9.17) is 0 Å². The number of halogens is 2. The van der Waals surface area contributed by atoms with Gasteiger partial charge in [0, 0.05) is 23.8 Å². The second-order valence-corrected chi connectivity index (χ2v) is 4.60. The summed E-state index contributed by atoms with van der Waals surface area (Å²) in [6, 6.07) is 3.31. The van der Waals surface area contributed by atoms with E-state index >= 15 is 0 Å². The van der Waals surface area contributed by atoms with E-state index < -0.39 is 11.6 Å². The molecule has 1 fully saturated rings. The summed E-state index contributed by atoms with van der Waals surface area (Å²) < 4.78 is 26.1. The van der Waals surface area contributed by atoms with Crippen LogP contribution in [0.4, 0.5) is 14.5 Å². The van der Waals surface area contributed by atoms with Crippen molar-refractivity contribution in [2.75, 3.05) is 5.32 Å². The van der Waals surface area contributed by atoms with Crippen molar-refractivity contribution in [1.82, 2.24) is 0 Å². The SMILES string of the molecule is C[C@@H]1CCC/C(=C/Nc2ccc(F)cc2F)C1=O. The van der Waals surface area contributed by atoms with E-state index in [0.29, 0.717) is 12.0 Å². The van der Waals surface area contributed by atoms with Gasteiger partial charge in [-0.3, -0.25) is 4.79 Å². The van der Waals surface area contributed by atoms with Crippen LogP contribution in [0, 0.1) is 17.6 Å². The largest absolute Gasteiger partial charge is 0.359 e. The van der Waals surface area contributed by atoms with Crippen LogP contribution in [0.15, 0.2) is 30.0 Å². The van der Waals surface area contributed by atoms with Crippen molar-refractivity contribution >= 4 is 11.5 Å². The Morgan fingerprint density at radius 3 is 2.89 bits per heavy atom. The van der Waals surface area contributed by atoms with Gasteiger partial charge >= 0.3 is 0 Å². The maximum absolute atomic E-state index is 13.4. The van der Waals surface area contributed by atoms with E-state index in [2.05, 4.69) is 5.32 Å². The second kappa shape index (κ2) is 5.29. The number of allylic oxidation sites excluding steroid dienone is 1. The number of Topliss-reactive ketones (excluding diaryl/α,β-unsaturated/α-hetero) is 1. The molecule has 0 amide bonds. The Balaban J connectivity index is 2.12. The Labute approximate surface area is 105 Å². The summed E-state index contributed by atoms with van der Waals surface area (Å²) in [6.07, 6.45) is 4.11.